The number of H-pyrrole nitrogens is 1. The van der Waals surface area contributed by atoms with Gasteiger partial charge in [0.25, 0.3) is 0 Å². The third kappa shape index (κ3) is 7.44. The fourth-order valence-electron chi connectivity index (χ4n) is 3.45. The number of rotatable bonds is 12. The van der Waals surface area contributed by atoms with Crippen molar-refractivity contribution < 1.29 is 29.4 Å². The van der Waals surface area contributed by atoms with Crippen molar-refractivity contribution in [2.24, 2.45) is 11.7 Å². The van der Waals surface area contributed by atoms with Gasteiger partial charge in [-0.3, -0.25) is 14.4 Å². The van der Waals surface area contributed by atoms with E-state index in [1.54, 1.807) is 20.0 Å². The Morgan fingerprint density at radius 3 is 2.17 bits per heavy atom. The number of carbonyl (C=O) groups is 4. The first-order valence-electron chi connectivity index (χ1n) is 11.2. The van der Waals surface area contributed by atoms with E-state index in [-0.39, 0.29) is 12.2 Å². The lowest BCUT2D eigenvalue weighted by Crippen LogP contribution is -2.59. The molecule has 0 saturated carbocycles. The molecule has 5 atom stereocenters. The van der Waals surface area contributed by atoms with E-state index < -0.39 is 59.9 Å². The van der Waals surface area contributed by atoms with Crippen LogP contribution in [0.3, 0.4) is 0 Å². The number of hydrogen-bond acceptors (Lipinski definition) is 7. The molecule has 5 unspecified atom stereocenters. The summed E-state index contributed by atoms with van der Waals surface area (Å²) in [6.07, 6.45) is 0.642. The Kier molecular flexibility index (Phi) is 10.1. The van der Waals surface area contributed by atoms with E-state index in [1.807, 2.05) is 24.3 Å². The smallest absolute Gasteiger partial charge is 0.326 e. The number of thiol groups is 1. The second-order valence-corrected chi connectivity index (χ2v) is 9.07. The highest BCUT2D eigenvalue weighted by Gasteiger charge is 2.32. The zero-order valence-corrected chi connectivity index (χ0v) is 20.7. The van der Waals surface area contributed by atoms with Gasteiger partial charge in [0.2, 0.25) is 17.7 Å². The zero-order chi connectivity index (χ0) is 26.3. The number of nitrogens with one attached hydrogen (secondary N) is 4. The lowest BCUT2D eigenvalue weighted by Gasteiger charge is -2.25. The second kappa shape index (κ2) is 12.6. The van der Waals surface area contributed by atoms with Crippen LogP contribution in [0.25, 0.3) is 10.9 Å². The van der Waals surface area contributed by atoms with Crippen LogP contribution in [0.5, 0.6) is 0 Å². The Bertz CT molecular complexity index is 1060. The Morgan fingerprint density at radius 1 is 1.00 bits per heavy atom. The SMILES string of the molecule is CC(C)C(NC(=O)C(Cc1c[nH]c2ccccc12)NC(=O)C(CS)NC(=O)C(N)C(C)O)C(=O)O. The number of aliphatic hydroxyl groups is 1. The van der Waals surface area contributed by atoms with Crippen LogP contribution in [0.4, 0.5) is 0 Å². The molecule has 0 bridgehead atoms. The first kappa shape index (κ1) is 28.1. The number of carbonyl (C=O) groups excluding carboxylic acids is 3. The maximum atomic E-state index is 13.1. The molecule has 0 spiro atoms. The first-order valence-corrected chi connectivity index (χ1v) is 11.8. The van der Waals surface area contributed by atoms with Gasteiger partial charge in [-0.15, -0.1) is 0 Å². The van der Waals surface area contributed by atoms with Gasteiger partial charge in [-0.25, -0.2) is 4.79 Å². The minimum Gasteiger partial charge on any atom is -0.480 e. The van der Waals surface area contributed by atoms with Gasteiger partial charge in [0, 0.05) is 29.3 Å². The highest BCUT2D eigenvalue weighted by Crippen LogP contribution is 2.19. The first-order chi connectivity index (χ1) is 16.5. The molecular formula is C23H33N5O6S. The van der Waals surface area contributed by atoms with Crippen LogP contribution in [0.15, 0.2) is 30.5 Å². The standard InChI is InChI=1S/C23H33N5O6S/c1-11(2)19(23(33)34)28-20(30)16(8-13-9-25-15-7-5-4-6-14(13)15)26-21(31)17(10-35)27-22(32)18(24)12(3)29/h4-7,9,11-12,16-19,25,29,35H,8,10,24H2,1-3H3,(H,26,31)(H,27,32)(H,28,30)(H,33,34). The number of nitrogens with two attached hydrogens (primary N) is 1. The molecule has 0 aliphatic carbocycles. The van der Waals surface area contributed by atoms with Gasteiger partial charge in [-0.05, 0) is 24.5 Å². The topological polar surface area (TPSA) is 187 Å². The summed E-state index contributed by atoms with van der Waals surface area (Å²) < 4.78 is 0. The number of fused-ring (bicyclic) bond motifs is 1. The van der Waals surface area contributed by atoms with Crippen LogP contribution in [-0.2, 0) is 25.6 Å². The number of aromatic nitrogens is 1. The molecule has 1 aromatic heterocycles. The Morgan fingerprint density at radius 2 is 1.60 bits per heavy atom. The molecule has 1 heterocycles. The van der Waals surface area contributed by atoms with Gasteiger partial charge in [0.15, 0.2) is 0 Å². The molecule has 12 heteroatoms. The van der Waals surface area contributed by atoms with E-state index in [9.17, 15) is 29.4 Å². The van der Waals surface area contributed by atoms with Gasteiger partial charge in [-0.2, -0.15) is 12.6 Å². The molecule has 0 fully saturated rings. The number of carboxylic acid groups (broad SMARTS) is 1. The maximum Gasteiger partial charge on any atom is 0.326 e. The largest absolute Gasteiger partial charge is 0.480 e. The molecule has 3 amide bonds. The Balaban J connectivity index is 2.28. The van der Waals surface area contributed by atoms with Crippen molar-refractivity contribution in [3.05, 3.63) is 36.0 Å². The van der Waals surface area contributed by atoms with E-state index >= 15 is 0 Å². The van der Waals surface area contributed by atoms with Crippen LogP contribution < -0.4 is 21.7 Å². The van der Waals surface area contributed by atoms with Crippen LogP contribution in [0.1, 0.15) is 26.3 Å². The van der Waals surface area contributed by atoms with E-state index in [2.05, 4.69) is 33.6 Å². The second-order valence-electron chi connectivity index (χ2n) is 8.70. The van der Waals surface area contributed by atoms with Crippen LogP contribution >= 0.6 is 12.6 Å². The van der Waals surface area contributed by atoms with Crippen LogP contribution in [-0.4, -0.2) is 74.9 Å². The summed E-state index contributed by atoms with van der Waals surface area (Å²) in [5, 5.41) is 27.4. The molecule has 0 aliphatic rings. The van der Waals surface area contributed by atoms with Gasteiger partial charge in [0.05, 0.1) is 6.10 Å². The molecule has 35 heavy (non-hydrogen) atoms. The maximum absolute atomic E-state index is 13.1. The molecule has 0 radical (unpaired) electrons. The number of aliphatic hydroxyl groups excluding tert-OH is 1. The minimum absolute atomic E-state index is 0.0620. The van der Waals surface area contributed by atoms with Gasteiger partial charge >= 0.3 is 5.97 Å². The van der Waals surface area contributed by atoms with Gasteiger partial charge in [0.1, 0.15) is 24.2 Å². The summed E-state index contributed by atoms with van der Waals surface area (Å²) >= 11 is 4.11. The number of aliphatic carboxylic acids is 1. The predicted molar refractivity (Wildman–Crippen MR) is 134 cm³/mol. The van der Waals surface area contributed by atoms with Crippen molar-refractivity contribution in [2.45, 2.75) is 57.5 Å². The highest BCUT2D eigenvalue weighted by molar-refractivity contribution is 7.80. The quantitative estimate of drug-likeness (QED) is 0.179. The highest BCUT2D eigenvalue weighted by atomic mass is 32.1. The fraction of sp³-hybridized carbons (Fsp3) is 0.478. The normalized spacial score (nSPS) is 15.6. The van der Waals surface area contributed by atoms with Crippen LogP contribution in [0.2, 0.25) is 0 Å². The van der Waals surface area contributed by atoms with E-state index in [1.165, 1.54) is 6.92 Å². The van der Waals surface area contributed by atoms with Crippen molar-refractivity contribution in [1.82, 2.24) is 20.9 Å². The number of carboxylic acids is 1. The summed E-state index contributed by atoms with van der Waals surface area (Å²) in [7, 11) is 0. The van der Waals surface area contributed by atoms with Crippen molar-refractivity contribution in [3.8, 4) is 0 Å². The summed E-state index contributed by atoms with van der Waals surface area (Å²) in [6.45, 7) is 4.66. The predicted octanol–water partition coefficient (Wildman–Crippen LogP) is -0.457. The summed E-state index contributed by atoms with van der Waals surface area (Å²) in [4.78, 5) is 53.0. The molecule has 2 rings (SSSR count). The number of hydrogen-bond donors (Lipinski definition) is 8. The lowest BCUT2D eigenvalue weighted by molar-refractivity contribution is -0.143. The van der Waals surface area contributed by atoms with Crippen molar-refractivity contribution >= 4 is 47.2 Å². The number of aromatic amines is 1. The Labute approximate surface area is 208 Å². The third-order valence-corrected chi connectivity index (χ3v) is 5.97. The molecule has 0 saturated heterocycles. The zero-order valence-electron chi connectivity index (χ0n) is 19.8. The molecule has 8 N–H and O–H groups in total. The summed E-state index contributed by atoms with van der Waals surface area (Å²) in [6, 6.07) is 2.72. The molecular weight excluding hydrogens is 474 g/mol. The number of amides is 3. The summed E-state index contributed by atoms with van der Waals surface area (Å²) in [5.41, 5.74) is 7.20. The van der Waals surface area contributed by atoms with Crippen molar-refractivity contribution in [3.63, 3.8) is 0 Å². The Hall–Kier alpha value is -3.09. The molecule has 1 aromatic carbocycles. The molecule has 11 nitrogen and oxygen atoms in total. The lowest BCUT2D eigenvalue weighted by atomic mass is 10.0. The fourth-order valence-corrected chi connectivity index (χ4v) is 3.71. The van der Waals surface area contributed by atoms with E-state index in [0.717, 1.165) is 16.5 Å². The molecule has 0 aliphatic heterocycles. The third-order valence-electron chi connectivity index (χ3n) is 5.60. The number of para-hydroxylation sites is 1. The summed E-state index contributed by atoms with van der Waals surface area (Å²) in [5.74, 6) is -3.84. The molecule has 192 valence electrons. The minimum atomic E-state index is -1.25. The van der Waals surface area contributed by atoms with Crippen molar-refractivity contribution in [1.29, 1.82) is 0 Å². The average molecular weight is 508 g/mol. The van der Waals surface area contributed by atoms with Gasteiger partial charge in [-0.1, -0.05) is 32.0 Å². The molecule has 2 aromatic rings. The van der Waals surface area contributed by atoms with Gasteiger partial charge < -0.3 is 36.9 Å². The number of benzene rings is 1. The average Bonchev–Trinajstić information content (AvgIpc) is 3.21. The monoisotopic (exact) mass is 507 g/mol. The van der Waals surface area contributed by atoms with Crippen molar-refractivity contribution in [2.75, 3.05) is 5.75 Å². The van der Waals surface area contributed by atoms with E-state index in [4.69, 9.17) is 5.73 Å². The van der Waals surface area contributed by atoms with Crippen LogP contribution in [0, 0.1) is 5.92 Å². The van der Waals surface area contributed by atoms with E-state index in [0.29, 0.717) is 0 Å².